The van der Waals surface area contributed by atoms with E-state index in [9.17, 15) is 14.7 Å². The van der Waals surface area contributed by atoms with Gasteiger partial charge in [0.05, 0.1) is 35.9 Å². The van der Waals surface area contributed by atoms with Crippen LogP contribution >= 0.6 is 0 Å². The summed E-state index contributed by atoms with van der Waals surface area (Å²) in [5.74, 6) is 1.55. The summed E-state index contributed by atoms with van der Waals surface area (Å²) in [5, 5.41) is 12.5. The van der Waals surface area contributed by atoms with Crippen molar-refractivity contribution in [1.82, 2.24) is 35.1 Å². The first-order valence-corrected chi connectivity index (χ1v) is 14.6. The molecule has 2 aliphatic heterocycles. The number of hydrogen-bond acceptors (Lipinski definition) is 4. The quantitative estimate of drug-likeness (QED) is 0.216. The van der Waals surface area contributed by atoms with E-state index in [1.54, 1.807) is 6.20 Å². The Morgan fingerprint density at radius 1 is 0.810 bits per heavy atom. The molecule has 2 unspecified atom stereocenters. The summed E-state index contributed by atoms with van der Waals surface area (Å²) in [6, 6.07) is 16.3. The minimum absolute atomic E-state index is 0.0514. The van der Waals surface area contributed by atoms with Crippen molar-refractivity contribution < 1.29 is 14.7 Å². The van der Waals surface area contributed by atoms with E-state index in [1.807, 2.05) is 44.0 Å². The molecule has 218 valence electrons. The molecule has 0 bridgehead atoms. The first kappa shape index (κ1) is 27.6. The second kappa shape index (κ2) is 11.0. The van der Waals surface area contributed by atoms with Gasteiger partial charge < -0.3 is 25.3 Å². The lowest BCUT2D eigenvalue weighted by Crippen LogP contribution is -2.48. The summed E-state index contributed by atoms with van der Waals surface area (Å²) in [6.45, 7) is 7.24. The Morgan fingerprint density at radius 3 is 2.05 bits per heavy atom. The van der Waals surface area contributed by atoms with Crippen LogP contribution in [0.2, 0.25) is 0 Å². The molecule has 4 aromatic rings. The molecule has 2 aliphatic rings. The van der Waals surface area contributed by atoms with Gasteiger partial charge in [-0.15, -0.1) is 0 Å². The Labute approximate surface area is 245 Å². The van der Waals surface area contributed by atoms with Crippen molar-refractivity contribution in [2.24, 2.45) is 0 Å². The van der Waals surface area contributed by atoms with Gasteiger partial charge in [0.2, 0.25) is 0 Å². The van der Waals surface area contributed by atoms with Gasteiger partial charge in [-0.3, -0.25) is 4.90 Å². The predicted molar refractivity (Wildman–Crippen MR) is 161 cm³/mol. The highest BCUT2D eigenvalue weighted by Gasteiger charge is 2.34. The molecule has 3 amide bonds. The zero-order valence-electron chi connectivity index (χ0n) is 24.2. The zero-order valence-corrected chi connectivity index (χ0v) is 24.2. The minimum Gasteiger partial charge on any atom is -0.465 e. The van der Waals surface area contributed by atoms with E-state index in [1.165, 1.54) is 4.90 Å². The molecule has 2 fully saturated rings. The zero-order chi connectivity index (χ0) is 29.4. The van der Waals surface area contributed by atoms with E-state index in [0.29, 0.717) is 6.54 Å². The highest BCUT2D eigenvalue weighted by atomic mass is 16.4. The number of imidazole rings is 2. The Hall–Kier alpha value is -4.60. The number of hydrogen-bond donors (Lipinski definition) is 4. The second-order valence-electron chi connectivity index (χ2n) is 12.2. The van der Waals surface area contributed by atoms with Crippen LogP contribution in [0.3, 0.4) is 0 Å². The number of carboxylic acid groups (broad SMARTS) is 1. The third-order valence-corrected chi connectivity index (χ3v) is 8.05. The van der Waals surface area contributed by atoms with Gasteiger partial charge in [-0.25, -0.2) is 19.6 Å². The summed E-state index contributed by atoms with van der Waals surface area (Å²) in [7, 11) is 0. The summed E-state index contributed by atoms with van der Waals surface area (Å²) in [4.78, 5) is 43.7. The van der Waals surface area contributed by atoms with E-state index < -0.39 is 6.09 Å². The summed E-state index contributed by atoms with van der Waals surface area (Å²) in [6.07, 6.45) is 6.21. The molecule has 0 aliphatic carbocycles. The molecule has 2 aromatic carbocycles. The third kappa shape index (κ3) is 5.61. The lowest BCUT2D eigenvalue weighted by Gasteiger charge is -2.28. The number of amides is 3. The molecule has 6 rings (SSSR count). The fourth-order valence-corrected chi connectivity index (χ4v) is 5.97. The molecule has 0 radical (unpaired) electrons. The van der Waals surface area contributed by atoms with Gasteiger partial charge in [-0.2, -0.15) is 0 Å². The van der Waals surface area contributed by atoms with Crippen LogP contribution in [0.15, 0.2) is 60.9 Å². The molecule has 4 N–H and O–H groups in total. The fraction of sp³-hybridized carbons (Fsp3) is 0.375. The number of H-pyrrole nitrogens is 2. The molecule has 4 heterocycles. The van der Waals surface area contributed by atoms with Crippen LogP contribution in [0.4, 0.5) is 9.59 Å². The number of aromatic nitrogens is 4. The summed E-state index contributed by atoms with van der Waals surface area (Å²) in [5.41, 5.74) is 5.62. The van der Waals surface area contributed by atoms with Gasteiger partial charge in [0.25, 0.3) is 0 Å². The Kier molecular flexibility index (Phi) is 7.22. The van der Waals surface area contributed by atoms with Crippen LogP contribution in [0, 0.1) is 0 Å². The lowest BCUT2D eigenvalue weighted by atomic mass is 10.0. The number of likely N-dealkylation sites (tertiary alicyclic amines) is 2. The van der Waals surface area contributed by atoms with Gasteiger partial charge in [0.1, 0.15) is 11.6 Å². The van der Waals surface area contributed by atoms with Gasteiger partial charge in [-0.05, 0) is 63.1 Å². The molecule has 2 atom stereocenters. The maximum Gasteiger partial charge on any atom is 0.407 e. The van der Waals surface area contributed by atoms with Crippen LogP contribution in [0.25, 0.3) is 33.8 Å². The molecule has 42 heavy (non-hydrogen) atoms. The average Bonchev–Trinajstić information content (AvgIpc) is 3.78. The first-order chi connectivity index (χ1) is 20.2. The number of nitrogens with one attached hydrogen (secondary N) is 3. The van der Waals surface area contributed by atoms with Crippen LogP contribution in [-0.4, -0.2) is 65.6 Å². The van der Waals surface area contributed by atoms with Gasteiger partial charge in [0, 0.05) is 24.2 Å². The maximum absolute atomic E-state index is 12.8. The molecule has 2 aromatic heterocycles. The molecular weight excluding hydrogens is 530 g/mol. The fourth-order valence-electron chi connectivity index (χ4n) is 5.97. The predicted octanol–water partition coefficient (Wildman–Crippen LogP) is 6.59. The molecular formula is C32H37N7O3. The first-order valence-electron chi connectivity index (χ1n) is 14.6. The Balaban J connectivity index is 1.13. The molecule has 10 nitrogen and oxygen atoms in total. The maximum atomic E-state index is 12.8. The van der Waals surface area contributed by atoms with Gasteiger partial charge in [-0.1, -0.05) is 48.5 Å². The SMILES string of the molecule is CC(C)(C)NC(=O)N1CCCC1c1ncc(-c2ccc(-c3ccc(-c4ncc(C5CCCN5C(=O)O)[nH]4)cc3)cc2)[nH]1. The van der Waals surface area contributed by atoms with E-state index in [-0.39, 0.29) is 23.7 Å². The highest BCUT2D eigenvalue weighted by molar-refractivity contribution is 5.76. The summed E-state index contributed by atoms with van der Waals surface area (Å²) >= 11 is 0. The van der Waals surface area contributed by atoms with Gasteiger partial charge in [0.15, 0.2) is 0 Å². The standard InChI is InChI=1S/C32H37N7O3/c1-32(2,3)37-30(40)38-16-5-7-27(38)29-34-18-24(35-29)22-12-8-20(9-13-22)21-10-14-23(15-11-21)28-33-19-25(36-28)26-6-4-17-39(26)31(41)42/h8-15,18-19,26-27H,4-7,16-17H2,1-3H3,(H,33,36)(H,34,35)(H,37,40)(H,41,42). The average molecular weight is 568 g/mol. The number of rotatable bonds is 5. The van der Waals surface area contributed by atoms with E-state index >= 15 is 0 Å². The van der Waals surface area contributed by atoms with Crippen molar-refractivity contribution in [2.45, 2.75) is 64.1 Å². The van der Waals surface area contributed by atoms with Gasteiger partial charge >= 0.3 is 12.1 Å². The number of carbonyl (C=O) groups is 2. The summed E-state index contributed by atoms with van der Waals surface area (Å²) < 4.78 is 0. The van der Waals surface area contributed by atoms with E-state index in [0.717, 1.165) is 77.5 Å². The van der Waals surface area contributed by atoms with Crippen LogP contribution in [-0.2, 0) is 0 Å². The Bertz CT molecular complexity index is 1570. The van der Waals surface area contributed by atoms with Crippen molar-refractivity contribution in [3.63, 3.8) is 0 Å². The number of urea groups is 1. The number of benzene rings is 2. The van der Waals surface area contributed by atoms with Crippen molar-refractivity contribution in [2.75, 3.05) is 13.1 Å². The van der Waals surface area contributed by atoms with Crippen molar-refractivity contribution >= 4 is 12.1 Å². The van der Waals surface area contributed by atoms with Crippen LogP contribution < -0.4 is 5.32 Å². The second-order valence-corrected chi connectivity index (χ2v) is 12.2. The number of nitrogens with zero attached hydrogens (tertiary/aromatic N) is 4. The van der Waals surface area contributed by atoms with E-state index in [4.69, 9.17) is 0 Å². The van der Waals surface area contributed by atoms with E-state index in [2.05, 4.69) is 61.7 Å². The highest BCUT2D eigenvalue weighted by Crippen LogP contribution is 2.34. The van der Waals surface area contributed by atoms with Crippen molar-refractivity contribution in [1.29, 1.82) is 0 Å². The molecule has 0 spiro atoms. The number of aromatic amines is 2. The monoisotopic (exact) mass is 567 g/mol. The molecule has 2 saturated heterocycles. The van der Waals surface area contributed by atoms with Crippen molar-refractivity contribution in [3.05, 3.63) is 72.4 Å². The minimum atomic E-state index is -0.891. The smallest absolute Gasteiger partial charge is 0.407 e. The third-order valence-electron chi connectivity index (χ3n) is 8.05. The molecule has 0 saturated carbocycles. The van der Waals surface area contributed by atoms with Crippen LogP contribution in [0.1, 0.15) is 70.1 Å². The number of carbonyl (C=O) groups excluding carboxylic acids is 1. The Morgan fingerprint density at radius 2 is 1.40 bits per heavy atom. The lowest BCUT2D eigenvalue weighted by molar-refractivity contribution is 0.139. The van der Waals surface area contributed by atoms with Crippen molar-refractivity contribution in [3.8, 4) is 33.8 Å². The molecule has 10 heteroatoms. The normalized spacial score (nSPS) is 18.9. The van der Waals surface area contributed by atoms with Crippen LogP contribution in [0.5, 0.6) is 0 Å². The topological polar surface area (TPSA) is 130 Å². The largest absolute Gasteiger partial charge is 0.465 e.